The van der Waals surface area contributed by atoms with Crippen molar-refractivity contribution in [1.29, 1.82) is 0 Å². The van der Waals surface area contributed by atoms with E-state index in [1.54, 1.807) is 13.2 Å². The van der Waals surface area contributed by atoms with Crippen LogP contribution in [0.4, 0.5) is 4.39 Å². The average Bonchev–Trinajstić information content (AvgIpc) is 2.72. The van der Waals surface area contributed by atoms with Gasteiger partial charge in [0, 0.05) is 23.3 Å². The van der Waals surface area contributed by atoms with Crippen molar-refractivity contribution in [3.8, 4) is 0 Å². The molecule has 1 atom stereocenters. The lowest BCUT2D eigenvalue weighted by atomic mass is 10.1. The molecule has 1 aromatic carbocycles. The second-order valence-corrected chi connectivity index (χ2v) is 5.10. The first-order valence-electron chi connectivity index (χ1n) is 5.56. The average molecular weight is 254 g/mol. The van der Waals surface area contributed by atoms with Crippen molar-refractivity contribution in [2.75, 3.05) is 13.7 Å². The summed E-state index contributed by atoms with van der Waals surface area (Å²) < 4.78 is 18.8. The van der Waals surface area contributed by atoms with Crippen LogP contribution >= 0.6 is 11.3 Å². The summed E-state index contributed by atoms with van der Waals surface area (Å²) in [5.74, 6) is -0.236. The molecule has 0 radical (unpaired) electrons. The van der Waals surface area contributed by atoms with Gasteiger partial charge in [0.15, 0.2) is 0 Å². The molecule has 2 aromatic rings. The minimum Gasteiger partial charge on any atom is -0.388 e. The zero-order chi connectivity index (χ0) is 12.3. The van der Waals surface area contributed by atoms with Gasteiger partial charge in [0.25, 0.3) is 0 Å². The Morgan fingerprint density at radius 2 is 2.24 bits per heavy atom. The van der Waals surface area contributed by atoms with Crippen LogP contribution in [-0.4, -0.2) is 18.8 Å². The van der Waals surface area contributed by atoms with Crippen LogP contribution in [0.1, 0.15) is 23.8 Å². The molecule has 17 heavy (non-hydrogen) atoms. The lowest BCUT2D eigenvalue weighted by Gasteiger charge is -2.06. The van der Waals surface area contributed by atoms with Crippen molar-refractivity contribution in [2.24, 2.45) is 0 Å². The molecule has 92 valence electrons. The van der Waals surface area contributed by atoms with Gasteiger partial charge in [-0.25, -0.2) is 4.39 Å². The summed E-state index contributed by atoms with van der Waals surface area (Å²) in [6.07, 6.45) is 1.01. The molecule has 0 aliphatic heterocycles. The number of hydrogen-bond donors (Lipinski definition) is 1. The van der Waals surface area contributed by atoms with E-state index in [0.717, 1.165) is 21.4 Å². The molecule has 0 spiro atoms. The fourth-order valence-corrected chi connectivity index (χ4v) is 2.86. The summed E-state index contributed by atoms with van der Waals surface area (Å²) >= 11 is 1.45. The zero-order valence-corrected chi connectivity index (χ0v) is 10.5. The van der Waals surface area contributed by atoms with Gasteiger partial charge in [-0.3, -0.25) is 0 Å². The number of ether oxygens (including phenoxy) is 1. The lowest BCUT2D eigenvalue weighted by Crippen LogP contribution is -1.97. The summed E-state index contributed by atoms with van der Waals surface area (Å²) in [6.45, 7) is 0.649. The maximum atomic E-state index is 13.0. The van der Waals surface area contributed by atoms with Crippen molar-refractivity contribution < 1.29 is 14.2 Å². The Kier molecular flexibility index (Phi) is 4.10. The monoisotopic (exact) mass is 254 g/mol. The first-order chi connectivity index (χ1) is 8.20. The number of aliphatic hydroxyl groups is 1. The molecule has 0 aliphatic rings. The number of aliphatic hydroxyl groups excluding tert-OH is 1. The van der Waals surface area contributed by atoms with Crippen LogP contribution in [-0.2, 0) is 4.74 Å². The van der Waals surface area contributed by atoms with Gasteiger partial charge in [0.2, 0.25) is 0 Å². The molecule has 1 N–H and O–H groups in total. The third-order valence-electron chi connectivity index (χ3n) is 2.66. The van der Waals surface area contributed by atoms with Crippen LogP contribution in [0.2, 0.25) is 0 Å². The van der Waals surface area contributed by atoms with Gasteiger partial charge in [-0.1, -0.05) is 6.07 Å². The van der Waals surface area contributed by atoms with E-state index < -0.39 is 6.10 Å². The number of methoxy groups -OCH3 is 1. The standard InChI is InChI=1S/C13H15FO2S/c1-16-6-2-3-11(15)13-7-9-4-5-10(14)8-12(9)17-13/h4-5,7-8,11,15H,2-3,6H2,1H3. The second-order valence-electron chi connectivity index (χ2n) is 3.98. The molecule has 0 aliphatic carbocycles. The summed E-state index contributed by atoms with van der Waals surface area (Å²) in [6, 6.07) is 6.62. The highest BCUT2D eigenvalue weighted by Gasteiger charge is 2.11. The summed E-state index contributed by atoms with van der Waals surface area (Å²) in [5, 5.41) is 11.0. The quantitative estimate of drug-likeness (QED) is 0.827. The van der Waals surface area contributed by atoms with E-state index >= 15 is 0 Å². The summed E-state index contributed by atoms with van der Waals surface area (Å²) in [5.41, 5.74) is 0. The highest BCUT2D eigenvalue weighted by molar-refractivity contribution is 7.19. The molecule has 0 fully saturated rings. The molecule has 2 rings (SSSR count). The van der Waals surface area contributed by atoms with Crippen molar-refractivity contribution >= 4 is 21.4 Å². The van der Waals surface area contributed by atoms with E-state index in [4.69, 9.17) is 4.74 Å². The molecule has 2 nitrogen and oxygen atoms in total. The van der Waals surface area contributed by atoms with Gasteiger partial charge in [-0.15, -0.1) is 11.3 Å². The van der Waals surface area contributed by atoms with Crippen LogP contribution < -0.4 is 0 Å². The number of thiophene rings is 1. The lowest BCUT2D eigenvalue weighted by molar-refractivity contribution is 0.138. The number of hydrogen-bond acceptors (Lipinski definition) is 3. The van der Waals surface area contributed by atoms with Gasteiger partial charge in [-0.05, 0) is 36.4 Å². The van der Waals surface area contributed by atoms with E-state index in [-0.39, 0.29) is 5.82 Å². The Morgan fingerprint density at radius 3 is 3.00 bits per heavy atom. The van der Waals surface area contributed by atoms with Crippen LogP contribution in [0.3, 0.4) is 0 Å². The number of halogens is 1. The third-order valence-corrected chi connectivity index (χ3v) is 3.85. The maximum Gasteiger partial charge on any atom is 0.124 e. The van der Waals surface area contributed by atoms with Crippen molar-refractivity contribution in [1.82, 2.24) is 0 Å². The fourth-order valence-electron chi connectivity index (χ4n) is 1.75. The van der Waals surface area contributed by atoms with Gasteiger partial charge >= 0.3 is 0 Å². The number of benzene rings is 1. The van der Waals surface area contributed by atoms with Crippen LogP contribution in [0.15, 0.2) is 24.3 Å². The largest absolute Gasteiger partial charge is 0.388 e. The number of rotatable bonds is 5. The Hall–Kier alpha value is -0.970. The molecular formula is C13H15FO2S. The smallest absolute Gasteiger partial charge is 0.124 e. The van der Waals surface area contributed by atoms with Gasteiger partial charge in [0.05, 0.1) is 6.10 Å². The Balaban J connectivity index is 2.12. The number of fused-ring (bicyclic) bond motifs is 1. The molecule has 0 saturated carbocycles. The molecule has 1 aromatic heterocycles. The minimum atomic E-state index is -0.481. The highest BCUT2D eigenvalue weighted by atomic mass is 32.1. The highest BCUT2D eigenvalue weighted by Crippen LogP contribution is 2.32. The predicted molar refractivity (Wildman–Crippen MR) is 67.9 cm³/mol. The predicted octanol–water partition coefficient (Wildman–Crippen LogP) is 3.50. The van der Waals surface area contributed by atoms with Crippen LogP contribution in [0.5, 0.6) is 0 Å². The van der Waals surface area contributed by atoms with E-state index in [1.165, 1.54) is 23.5 Å². The van der Waals surface area contributed by atoms with Gasteiger partial charge < -0.3 is 9.84 Å². The van der Waals surface area contributed by atoms with E-state index in [2.05, 4.69) is 0 Å². The molecule has 0 bridgehead atoms. The van der Waals surface area contributed by atoms with Gasteiger partial charge in [-0.2, -0.15) is 0 Å². The first kappa shape index (κ1) is 12.5. The Morgan fingerprint density at radius 1 is 1.41 bits per heavy atom. The van der Waals surface area contributed by atoms with E-state index in [0.29, 0.717) is 13.0 Å². The van der Waals surface area contributed by atoms with Crippen LogP contribution in [0.25, 0.3) is 10.1 Å². The van der Waals surface area contributed by atoms with Crippen molar-refractivity contribution in [3.05, 3.63) is 35.0 Å². The first-order valence-corrected chi connectivity index (χ1v) is 6.38. The van der Waals surface area contributed by atoms with Gasteiger partial charge in [0.1, 0.15) is 5.82 Å². The Labute approximate surface area is 104 Å². The topological polar surface area (TPSA) is 29.5 Å². The molecule has 1 heterocycles. The SMILES string of the molecule is COCCCC(O)c1cc2ccc(F)cc2s1. The summed E-state index contributed by atoms with van der Waals surface area (Å²) in [7, 11) is 1.65. The minimum absolute atomic E-state index is 0.236. The molecule has 0 saturated heterocycles. The molecule has 0 amide bonds. The molecular weight excluding hydrogens is 239 g/mol. The Bertz CT molecular complexity index is 495. The van der Waals surface area contributed by atoms with Crippen molar-refractivity contribution in [2.45, 2.75) is 18.9 Å². The molecule has 1 unspecified atom stereocenters. The summed E-state index contributed by atoms with van der Waals surface area (Å²) in [4.78, 5) is 0.890. The fraction of sp³-hybridized carbons (Fsp3) is 0.385. The molecule has 4 heteroatoms. The van der Waals surface area contributed by atoms with E-state index in [9.17, 15) is 9.50 Å². The third kappa shape index (κ3) is 3.03. The second kappa shape index (κ2) is 5.58. The zero-order valence-electron chi connectivity index (χ0n) is 9.65. The van der Waals surface area contributed by atoms with Crippen LogP contribution in [0, 0.1) is 5.82 Å². The normalized spacial score (nSPS) is 13.1. The van der Waals surface area contributed by atoms with E-state index in [1.807, 2.05) is 6.07 Å². The maximum absolute atomic E-state index is 13.0. The van der Waals surface area contributed by atoms with Crippen molar-refractivity contribution in [3.63, 3.8) is 0 Å².